The summed E-state index contributed by atoms with van der Waals surface area (Å²) in [6, 6.07) is 12.7. The normalized spacial score (nSPS) is 16.6. The summed E-state index contributed by atoms with van der Waals surface area (Å²) >= 11 is 0. The Morgan fingerprint density at radius 3 is 2.61 bits per heavy atom. The second kappa shape index (κ2) is 7.07. The molecular weight excluding hydrogens is 359 g/mol. The zero-order chi connectivity index (χ0) is 19.8. The number of aryl methyl sites for hydroxylation is 1. The van der Waals surface area contributed by atoms with Gasteiger partial charge in [-0.2, -0.15) is 4.98 Å². The van der Waals surface area contributed by atoms with E-state index in [9.17, 15) is 9.18 Å². The third kappa shape index (κ3) is 3.35. The second-order valence-electron chi connectivity index (χ2n) is 7.24. The number of carbonyl (C=O) groups is 1. The van der Waals surface area contributed by atoms with E-state index in [2.05, 4.69) is 10.1 Å². The van der Waals surface area contributed by atoms with Crippen LogP contribution in [-0.4, -0.2) is 36.7 Å². The van der Waals surface area contributed by atoms with Crippen molar-refractivity contribution in [2.24, 2.45) is 0 Å². The third-order valence-electron chi connectivity index (χ3n) is 5.03. The first-order chi connectivity index (χ1) is 13.4. The number of anilines is 2. The Kier molecular flexibility index (Phi) is 4.58. The number of rotatable bonds is 4. The van der Waals surface area contributed by atoms with Gasteiger partial charge in [0.05, 0.1) is 5.92 Å². The first-order valence-corrected chi connectivity index (χ1v) is 9.10. The topological polar surface area (TPSA) is 62.5 Å². The van der Waals surface area contributed by atoms with Crippen molar-refractivity contribution >= 4 is 17.3 Å². The molecule has 2 aromatic carbocycles. The van der Waals surface area contributed by atoms with Crippen LogP contribution in [0.2, 0.25) is 0 Å². The maximum absolute atomic E-state index is 13.9. The molecule has 0 bridgehead atoms. The molecule has 2 heterocycles. The maximum atomic E-state index is 13.9. The fourth-order valence-electron chi connectivity index (χ4n) is 3.30. The monoisotopic (exact) mass is 380 g/mol. The molecule has 28 heavy (non-hydrogen) atoms. The fourth-order valence-corrected chi connectivity index (χ4v) is 3.30. The Bertz CT molecular complexity index is 1010. The molecule has 0 unspecified atom stereocenters. The minimum absolute atomic E-state index is 0.0802. The van der Waals surface area contributed by atoms with Crippen LogP contribution in [0.4, 0.5) is 15.8 Å². The largest absolute Gasteiger partial charge is 0.378 e. The Hall–Kier alpha value is -3.22. The molecule has 1 aromatic heterocycles. The summed E-state index contributed by atoms with van der Waals surface area (Å²) in [6.07, 6.45) is 0.261. The quantitative estimate of drug-likeness (QED) is 0.689. The molecule has 1 atom stereocenters. The van der Waals surface area contributed by atoms with Crippen LogP contribution in [0.25, 0.3) is 11.4 Å². The Labute approximate surface area is 162 Å². The summed E-state index contributed by atoms with van der Waals surface area (Å²) in [5.41, 5.74) is 3.03. The highest BCUT2D eigenvalue weighted by Gasteiger charge is 2.35. The van der Waals surface area contributed by atoms with Crippen molar-refractivity contribution in [1.29, 1.82) is 0 Å². The van der Waals surface area contributed by atoms with E-state index in [0.29, 0.717) is 29.5 Å². The van der Waals surface area contributed by atoms with Crippen molar-refractivity contribution in [3.05, 3.63) is 59.7 Å². The lowest BCUT2D eigenvalue weighted by Crippen LogP contribution is -2.24. The molecule has 0 saturated carbocycles. The average molecular weight is 380 g/mol. The zero-order valence-corrected chi connectivity index (χ0v) is 16.0. The number of carbonyl (C=O) groups excluding carboxylic acids is 1. The molecule has 4 rings (SSSR count). The maximum Gasteiger partial charge on any atom is 0.232 e. The van der Waals surface area contributed by atoms with Crippen molar-refractivity contribution in [2.45, 2.75) is 19.3 Å². The van der Waals surface area contributed by atoms with E-state index in [4.69, 9.17) is 4.52 Å². The summed E-state index contributed by atoms with van der Waals surface area (Å²) in [5, 5.41) is 4.06. The van der Waals surface area contributed by atoms with Crippen LogP contribution < -0.4 is 9.80 Å². The summed E-state index contributed by atoms with van der Waals surface area (Å²) in [7, 11) is 3.95. The molecular formula is C21H21FN4O2. The molecule has 1 fully saturated rings. The van der Waals surface area contributed by atoms with E-state index < -0.39 is 0 Å². The van der Waals surface area contributed by atoms with Crippen molar-refractivity contribution in [3.63, 3.8) is 0 Å². The zero-order valence-electron chi connectivity index (χ0n) is 16.0. The summed E-state index contributed by atoms with van der Waals surface area (Å²) in [6.45, 7) is 2.08. The van der Waals surface area contributed by atoms with Gasteiger partial charge in [-0.3, -0.25) is 4.79 Å². The molecule has 144 valence electrons. The number of amides is 1. The van der Waals surface area contributed by atoms with Crippen LogP contribution in [0.3, 0.4) is 0 Å². The smallest absolute Gasteiger partial charge is 0.232 e. The lowest BCUT2D eigenvalue weighted by atomic mass is 10.1. The Morgan fingerprint density at radius 2 is 1.93 bits per heavy atom. The lowest BCUT2D eigenvalue weighted by molar-refractivity contribution is -0.117. The van der Waals surface area contributed by atoms with Crippen molar-refractivity contribution < 1.29 is 13.7 Å². The van der Waals surface area contributed by atoms with Crippen molar-refractivity contribution in [3.8, 4) is 11.4 Å². The van der Waals surface area contributed by atoms with E-state index in [-0.39, 0.29) is 24.1 Å². The average Bonchev–Trinajstić information content (AvgIpc) is 3.31. The van der Waals surface area contributed by atoms with Gasteiger partial charge in [-0.25, -0.2) is 4.39 Å². The highest BCUT2D eigenvalue weighted by molar-refractivity contribution is 5.96. The van der Waals surface area contributed by atoms with Crippen molar-refractivity contribution in [2.75, 3.05) is 30.4 Å². The highest BCUT2D eigenvalue weighted by Crippen LogP contribution is 2.32. The van der Waals surface area contributed by atoms with Gasteiger partial charge in [-0.05, 0) is 48.9 Å². The van der Waals surface area contributed by atoms with Gasteiger partial charge in [-0.1, -0.05) is 11.2 Å². The SMILES string of the molecule is Cc1ccc(N2C[C@H](c3nc(-c4ccc(N(C)C)cc4)no3)CC2=O)cc1F. The minimum Gasteiger partial charge on any atom is -0.378 e. The number of halogens is 1. The summed E-state index contributed by atoms with van der Waals surface area (Å²) in [5.74, 6) is 0.306. The number of hydrogen-bond acceptors (Lipinski definition) is 5. The fraction of sp³-hybridized carbons (Fsp3) is 0.286. The standard InChI is InChI=1S/C21H21FN4O2/c1-13-4-7-17(11-18(13)22)26-12-15(10-19(26)27)21-23-20(24-28-21)14-5-8-16(9-6-14)25(2)3/h4-9,11,15H,10,12H2,1-3H3/t15-/m1/s1. The highest BCUT2D eigenvalue weighted by atomic mass is 19.1. The molecule has 3 aromatic rings. The van der Waals surface area contributed by atoms with Crippen LogP contribution in [0.1, 0.15) is 23.8 Å². The van der Waals surface area contributed by atoms with Crippen molar-refractivity contribution in [1.82, 2.24) is 10.1 Å². The van der Waals surface area contributed by atoms with Gasteiger partial charge in [0.2, 0.25) is 17.6 Å². The van der Waals surface area contributed by atoms with Crippen LogP contribution >= 0.6 is 0 Å². The van der Waals surface area contributed by atoms with Gasteiger partial charge >= 0.3 is 0 Å². The van der Waals surface area contributed by atoms with E-state index in [1.165, 1.54) is 6.07 Å². The van der Waals surface area contributed by atoms with Crippen LogP contribution in [0.15, 0.2) is 47.0 Å². The van der Waals surface area contributed by atoms with Gasteiger partial charge in [0.15, 0.2) is 0 Å². The number of nitrogens with zero attached hydrogens (tertiary/aromatic N) is 4. The second-order valence-corrected chi connectivity index (χ2v) is 7.24. The molecule has 1 saturated heterocycles. The number of benzene rings is 2. The van der Waals surface area contributed by atoms with Gasteiger partial charge in [0.1, 0.15) is 5.82 Å². The number of hydrogen-bond donors (Lipinski definition) is 0. The van der Waals surface area contributed by atoms with Gasteiger partial charge in [-0.15, -0.1) is 0 Å². The molecule has 1 aliphatic heterocycles. The molecule has 1 amide bonds. The van der Waals surface area contributed by atoms with E-state index in [0.717, 1.165) is 11.3 Å². The predicted octanol–water partition coefficient (Wildman–Crippen LogP) is 3.77. The van der Waals surface area contributed by atoms with E-state index >= 15 is 0 Å². The van der Waals surface area contributed by atoms with Gasteiger partial charge in [0.25, 0.3) is 0 Å². The molecule has 0 aliphatic carbocycles. The Morgan fingerprint density at radius 1 is 1.18 bits per heavy atom. The van der Waals surface area contributed by atoms with Crippen LogP contribution in [0, 0.1) is 12.7 Å². The van der Waals surface area contributed by atoms with Crippen LogP contribution in [0.5, 0.6) is 0 Å². The molecule has 1 aliphatic rings. The molecule has 7 heteroatoms. The van der Waals surface area contributed by atoms with Gasteiger partial charge in [0, 0.05) is 44.0 Å². The van der Waals surface area contributed by atoms with Crippen LogP contribution in [-0.2, 0) is 4.79 Å². The minimum atomic E-state index is -0.324. The van der Waals surface area contributed by atoms with E-state index in [1.807, 2.05) is 43.3 Å². The van der Waals surface area contributed by atoms with Gasteiger partial charge < -0.3 is 14.3 Å². The Balaban J connectivity index is 1.53. The predicted molar refractivity (Wildman–Crippen MR) is 105 cm³/mol. The first kappa shape index (κ1) is 18.2. The first-order valence-electron chi connectivity index (χ1n) is 9.10. The molecule has 6 nitrogen and oxygen atoms in total. The third-order valence-corrected chi connectivity index (χ3v) is 5.03. The lowest BCUT2D eigenvalue weighted by Gasteiger charge is -2.16. The number of aromatic nitrogens is 2. The molecule has 0 spiro atoms. The molecule has 0 N–H and O–H groups in total. The summed E-state index contributed by atoms with van der Waals surface area (Å²) in [4.78, 5) is 20.5. The summed E-state index contributed by atoms with van der Waals surface area (Å²) < 4.78 is 19.3. The molecule has 0 radical (unpaired) electrons. The van der Waals surface area contributed by atoms with E-state index in [1.54, 1.807) is 24.0 Å².